The van der Waals surface area contributed by atoms with Gasteiger partial charge in [0, 0.05) is 11.6 Å². The minimum atomic E-state index is -0.546. The van der Waals surface area contributed by atoms with Gasteiger partial charge >= 0.3 is 0 Å². The zero-order chi connectivity index (χ0) is 15.4. The maximum absolute atomic E-state index is 13.7. The second-order valence-electron chi connectivity index (χ2n) is 4.64. The van der Waals surface area contributed by atoms with Gasteiger partial charge in [-0.05, 0) is 43.3 Å². The summed E-state index contributed by atoms with van der Waals surface area (Å²) in [6.07, 6.45) is 0.192. The molecular weight excluding hydrogens is 296 g/mol. The van der Waals surface area contributed by atoms with Gasteiger partial charge in [0.2, 0.25) is 0 Å². The number of hydrogen-bond acceptors (Lipinski definition) is 2. The first-order valence-electron chi connectivity index (χ1n) is 6.50. The average Bonchev–Trinajstić information content (AvgIpc) is 2.47. The Morgan fingerprint density at radius 3 is 2.38 bits per heavy atom. The van der Waals surface area contributed by atoms with Crippen molar-refractivity contribution in [2.45, 2.75) is 12.5 Å². The van der Waals surface area contributed by atoms with E-state index in [0.29, 0.717) is 10.8 Å². The fraction of sp³-hybridized carbons (Fsp3) is 0.250. The van der Waals surface area contributed by atoms with Crippen LogP contribution in [0.1, 0.15) is 17.2 Å². The Morgan fingerprint density at radius 2 is 1.86 bits per heavy atom. The van der Waals surface area contributed by atoms with Crippen LogP contribution in [0.3, 0.4) is 0 Å². The second-order valence-corrected chi connectivity index (χ2v) is 5.05. The summed E-state index contributed by atoms with van der Waals surface area (Å²) in [4.78, 5) is 0. The SMILES string of the molecule is CNC(Cc1c(F)cccc1F)c1ccc(OC)c(Cl)c1. The van der Waals surface area contributed by atoms with Gasteiger partial charge in [-0.2, -0.15) is 0 Å². The van der Waals surface area contributed by atoms with E-state index in [1.807, 2.05) is 6.07 Å². The van der Waals surface area contributed by atoms with Gasteiger partial charge in [0.05, 0.1) is 12.1 Å². The molecule has 1 N–H and O–H groups in total. The molecule has 21 heavy (non-hydrogen) atoms. The molecule has 0 fully saturated rings. The second kappa shape index (κ2) is 6.87. The lowest BCUT2D eigenvalue weighted by Gasteiger charge is -2.18. The van der Waals surface area contributed by atoms with Crippen LogP contribution in [0.25, 0.3) is 0 Å². The molecule has 0 heterocycles. The van der Waals surface area contributed by atoms with Gasteiger partial charge in [-0.1, -0.05) is 23.7 Å². The number of benzene rings is 2. The molecule has 0 amide bonds. The first-order valence-corrected chi connectivity index (χ1v) is 6.88. The molecule has 2 nitrogen and oxygen atoms in total. The number of likely N-dealkylation sites (N-methyl/N-ethyl adjacent to an activating group) is 1. The van der Waals surface area contributed by atoms with Crippen molar-refractivity contribution in [1.82, 2.24) is 5.32 Å². The van der Waals surface area contributed by atoms with Crippen LogP contribution < -0.4 is 10.1 Å². The van der Waals surface area contributed by atoms with Crippen LogP contribution in [0.4, 0.5) is 8.78 Å². The topological polar surface area (TPSA) is 21.3 Å². The summed E-state index contributed by atoms with van der Waals surface area (Å²) in [5.41, 5.74) is 0.898. The van der Waals surface area contributed by atoms with Crippen LogP contribution in [0.5, 0.6) is 5.75 Å². The maximum Gasteiger partial charge on any atom is 0.137 e. The summed E-state index contributed by atoms with van der Waals surface area (Å²) < 4.78 is 32.6. The fourth-order valence-electron chi connectivity index (χ4n) is 2.22. The van der Waals surface area contributed by atoms with Gasteiger partial charge in [-0.15, -0.1) is 0 Å². The Kier molecular flexibility index (Phi) is 5.15. The summed E-state index contributed by atoms with van der Waals surface area (Å²) in [5, 5.41) is 3.52. The van der Waals surface area contributed by atoms with E-state index in [1.165, 1.54) is 25.3 Å². The number of nitrogens with one attached hydrogen (secondary N) is 1. The molecule has 112 valence electrons. The third-order valence-electron chi connectivity index (χ3n) is 3.40. The number of hydrogen-bond donors (Lipinski definition) is 1. The summed E-state index contributed by atoms with van der Waals surface area (Å²) in [6.45, 7) is 0. The van der Waals surface area contributed by atoms with E-state index in [0.717, 1.165) is 5.56 Å². The molecule has 5 heteroatoms. The Bertz CT molecular complexity index is 613. The third-order valence-corrected chi connectivity index (χ3v) is 3.69. The summed E-state index contributed by atoms with van der Waals surface area (Å²) in [6, 6.07) is 8.91. The van der Waals surface area contributed by atoms with Crippen LogP contribution in [-0.4, -0.2) is 14.2 Å². The Balaban J connectivity index is 2.30. The summed E-state index contributed by atoms with van der Waals surface area (Å²) in [5.74, 6) is -0.531. The van der Waals surface area contributed by atoms with Crippen molar-refractivity contribution >= 4 is 11.6 Å². The molecule has 0 aliphatic rings. The molecule has 0 aliphatic heterocycles. The van der Waals surface area contributed by atoms with Gasteiger partial charge in [0.1, 0.15) is 17.4 Å². The molecule has 2 aromatic rings. The zero-order valence-electron chi connectivity index (χ0n) is 11.8. The number of halogens is 3. The summed E-state index contributed by atoms with van der Waals surface area (Å²) >= 11 is 6.10. The van der Waals surface area contributed by atoms with E-state index in [2.05, 4.69) is 5.32 Å². The number of rotatable bonds is 5. The van der Waals surface area contributed by atoms with Crippen LogP contribution in [0.15, 0.2) is 36.4 Å². The highest BCUT2D eigenvalue weighted by molar-refractivity contribution is 6.32. The van der Waals surface area contributed by atoms with Crippen molar-refractivity contribution in [1.29, 1.82) is 0 Å². The van der Waals surface area contributed by atoms with Gasteiger partial charge in [0.25, 0.3) is 0 Å². The minimum absolute atomic E-state index is 0.0591. The van der Waals surface area contributed by atoms with Gasteiger partial charge in [0.15, 0.2) is 0 Å². The standard InChI is InChI=1S/C16H16ClF2NO/c1-20-15(9-11-13(18)4-3-5-14(11)19)10-6-7-16(21-2)12(17)8-10/h3-8,15,20H,9H2,1-2H3. The molecule has 0 aromatic heterocycles. The van der Waals surface area contributed by atoms with Crippen molar-refractivity contribution in [2.75, 3.05) is 14.2 Å². The average molecular weight is 312 g/mol. The van der Waals surface area contributed by atoms with Crippen LogP contribution in [0.2, 0.25) is 5.02 Å². The van der Waals surface area contributed by atoms with Crippen molar-refractivity contribution < 1.29 is 13.5 Å². The van der Waals surface area contributed by atoms with Gasteiger partial charge in [-0.25, -0.2) is 8.78 Å². The molecule has 1 atom stereocenters. The Labute approximate surface area is 127 Å². The molecule has 0 saturated heterocycles. The molecule has 0 aliphatic carbocycles. The first-order chi connectivity index (χ1) is 10.1. The van der Waals surface area contributed by atoms with Gasteiger partial charge < -0.3 is 10.1 Å². The van der Waals surface area contributed by atoms with Crippen molar-refractivity contribution in [3.8, 4) is 5.75 Å². The van der Waals surface area contributed by atoms with E-state index in [4.69, 9.17) is 16.3 Å². The van der Waals surface area contributed by atoms with Gasteiger partial charge in [-0.3, -0.25) is 0 Å². The number of ether oxygens (including phenoxy) is 1. The highest BCUT2D eigenvalue weighted by Crippen LogP contribution is 2.29. The summed E-state index contributed by atoms with van der Waals surface area (Å²) in [7, 11) is 3.27. The highest BCUT2D eigenvalue weighted by Gasteiger charge is 2.17. The third kappa shape index (κ3) is 3.52. The molecule has 0 radical (unpaired) electrons. The Morgan fingerprint density at radius 1 is 1.19 bits per heavy atom. The lowest BCUT2D eigenvalue weighted by atomic mass is 9.98. The monoisotopic (exact) mass is 311 g/mol. The maximum atomic E-state index is 13.7. The smallest absolute Gasteiger partial charge is 0.137 e. The molecule has 0 bridgehead atoms. The predicted molar refractivity (Wildman–Crippen MR) is 79.9 cm³/mol. The minimum Gasteiger partial charge on any atom is -0.495 e. The molecule has 0 spiro atoms. The lowest BCUT2D eigenvalue weighted by Crippen LogP contribution is -2.20. The van der Waals surface area contributed by atoms with Crippen molar-refractivity contribution in [2.24, 2.45) is 0 Å². The molecule has 2 rings (SSSR count). The van der Waals surface area contributed by atoms with E-state index in [9.17, 15) is 8.78 Å². The first kappa shape index (κ1) is 15.7. The predicted octanol–water partition coefficient (Wildman–Crippen LogP) is 4.13. The van der Waals surface area contributed by atoms with E-state index in [1.54, 1.807) is 19.2 Å². The largest absolute Gasteiger partial charge is 0.495 e. The quantitative estimate of drug-likeness (QED) is 0.896. The van der Waals surface area contributed by atoms with E-state index in [-0.39, 0.29) is 18.0 Å². The molecular formula is C16H16ClF2NO. The van der Waals surface area contributed by atoms with E-state index < -0.39 is 11.6 Å². The van der Waals surface area contributed by atoms with E-state index >= 15 is 0 Å². The molecule has 2 aromatic carbocycles. The number of methoxy groups -OCH3 is 1. The molecule has 1 unspecified atom stereocenters. The van der Waals surface area contributed by atoms with Crippen molar-refractivity contribution in [3.63, 3.8) is 0 Å². The lowest BCUT2D eigenvalue weighted by molar-refractivity contribution is 0.414. The van der Waals surface area contributed by atoms with Crippen molar-refractivity contribution in [3.05, 3.63) is 64.2 Å². The Hall–Kier alpha value is -1.65. The highest BCUT2D eigenvalue weighted by atomic mass is 35.5. The van der Waals surface area contributed by atoms with Crippen LogP contribution in [0, 0.1) is 11.6 Å². The van der Waals surface area contributed by atoms with Crippen LogP contribution >= 0.6 is 11.6 Å². The normalized spacial score (nSPS) is 12.2. The zero-order valence-corrected chi connectivity index (χ0v) is 12.5. The fourth-order valence-corrected chi connectivity index (χ4v) is 2.48. The van der Waals surface area contributed by atoms with Crippen LogP contribution in [-0.2, 0) is 6.42 Å². The molecule has 0 saturated carbocycles.